The molecule has 0 unspecified atom stereocenters. The van der Waals surface area contributed by atoms with Gasteiger partial charge in [0.05, 0.1) is 13.2 Å². The van der Waals surface area contributed by atoms with E-state index in [1.807, 2.05) is 0 Å². The number of aliphatic hydroxyl groups excluding tert-OH is 2. The van der Waals surface area contributed by atoms with Gasteiger partial charge in [0.25, 0.3) is 0 Å². The second-order valence-electron chi connectivity index (χ2n) is 4.22. The maximum Gasteiger partial charge on any atom is 0.150 e. The van der Waals surface area contributed by atoms with Gasteiger partial charge in [0.2, 0.25) is 0 Å². The average Bonchev–Trinajstić information content (AvgIpc) is 2.27. The van der Waals surface area contributed by atoms with Crippen LogP contribution in [0.15, 0.2) is 16.6 Å². The van der Waals surface area contributed by atoms with Crippen LogP contribution in [-0.2, 0) is 0 Å². The van der Waals surface area contributed by atoms with Crippen LogP contribution in [-0.4, -0.2) is 30.0 Å². The van der Waals surface area contributed by atoms with E-state index < -0.39 is 17.0 Å². The van der Waals surface area contributed by atoms with Gasteiger partial charge in [-0.2, -0.15) is 0 Å². The van der Waals surface area contributed by atoms with Crippen LogP contribution in [0.3, 0.4) is 0 Å². The predicted molar refractivity (Wildman–Crippen MR) is 64.8 cm³/mol. The van der Waals surface area contributed by atoms with Crippen molar-refractivity contribution < 1.29 is 19.0 Å². The molecule has 0 spiro atoms. The fourth-order valence-corrected chi connectivity index (χ4v) is 1.58. The third kappa shape index (κ3) is 3.62. The van der Waals surface area contributed by atoms with Gasteiger partial charge < -0.3 is 15.5 Å². The fraction of sp³-hybridized carbons (Fsp3) is 0.455. The number of hydrogen-bond acceptors (Lipinski definition) is 3. The largest absolute Gasteiger partial charge is 0.396 e. The molecule has 0 aliphatic carbocycles. The SMILES string of the molecule is CC(CO)(CO)CNc1c(F)cc(Br)cc1F. The number of rotatable bonds is 5. The first-order valence-electron chi connectivity index (χ1n) is 5.02. The first kappa shape index (κ1) is 14.3. The van der Waals surface area contributed by atoms with E-state index in [9.17, 15) is 8.78 Å². The summed E-state index contributed by atoms with van der Waals surface area (Å²) in [5.41, 5.74) is -1.09. The molecule has 0 fully saturated rings. The average molecular weight is 310 g/mol. The smallest absolute Gasteiger partial charge is 0.150 e. The van der Waals surface area contributed by atoms with Crippen LogP contribution in [0.1, 0.15) is 6.92 Å². The van der Waals surface area contributed by atoms with E-state index in [2.05, 4.69) is 21.2 Å². The van der Waals surface area contributed by atoms with Crippen molar-refractivity contribution >= 4 is 21.6 Å². The van der Waals surface area contributed by atoms with E-state index >= 15 is 0 Å². The molecule has 0 atom stereocenters. The van der Waals surface area contributed by atoms with Crippen molar-refractivity contribution in [3.05, 3.63) is 28.2 Å². The molecule has 0 heterocycles. The molecule has 0 radical (unpaired) electrons. The van der Waals surface area contributed by atoms with Crippen molar-refractivity contribution in [3.8, 4) is 0 Å². The summed E-state index contributed by atoms with van der Waals surface area (Å²) in [5.74, 6) is -1.45. The Morgan fingerprint density at radius 2 is 1.71 bits per heavy atom. The Balaban J connectivity index is 2.83. The monoisotopic (exact) mass is 309 g/mol. The number of halogens is 3. The van der Waals surface area contributed by atoms with Crippen LogP contribution < -0.4 is 5.32 Å². The quantitative estimate of drug-likeness (QED) is 0.781. The van der Waals surface area contributed by atoms with Gasteiger partial charge in [-0.1, -0.05) is 22.9 Å². The maximum atomic E-state index is 13.4. The summed E-state index contributed by atoms with van der Waals surface area (Å²) in [5, 5.41) is 20.7. The van der Waals surface area contributed by atoms with Gasteiger partial charge in [0.15, 0.2) is 0 Å². The van der Waals surface area contributed by atoms with Crippen LogP contribution in [0, 0.1) is 17.0 Å². The summed E-state index contributed by atoms with van der Waals surface area (Å²) in [6.07, 6.45) is 0. The fourth-order valence-electron chi connectivity index (χ4n) is 1.17. The molecular formula is C11H14BrF2NO2. The molecule has 0 aromatic heterocycles. The Morgan fingerprint density at radius 3 is 2.12 bits per heavy atom. The molecule has 1 rings (SSSR count). The lowest BCUT2D eigenvalue weighted by atomic mass is 9.93. The molecule has 0 aliphatic rings. The van der Waals surface area contributed by atoms with Gasteiger partial charge in [-0.25, -0.2) is 8.78 Å². The second kappa shape index (κ2) is 5.75. The highest BCUT2D eigenvalue weighted by Gasteiger charge is 2.23. The number of hydrogen-bond donors (Lipinski definition) is 3. The third-order valence-electron chi connectivity index (χ3n) is 2.46. The van der Waals surface area contributed by atoms with E-state index in [0.29, 0.717) is 4.47 Å². The first-order chi connectivity index (χ1) is 7.91. The van der Waals surface area contributed by atoms with Gasteiger partial charge in [0.1, 0.15) is 17.3 Å². The number of nitrogens with one attached hydrogen (secondary N) is 1. The van der Waals surface area contributed by atoms with Crippen LogP contribution >= 0.6 is 15.9 Å². The lowest BCUT2D eigenvalue weighted by Crippen LogP contribution is -2.34. The minimum Gasteiger partial charge on any atom is -0.396 e. The third-order valence-corrected chi connectivity index (χ3v) is 2.92. The minimum atomic E-state index is -0.827. The van der Waals surface area contributed by atoms with Crippen LogP contribution in [0.2, 0.25) is 0 Å². The Kier molecular flexibility index (Phi) is 4.85. The normalized spacial score (nSPS) is 11.6. The van der Waals surface area contributed by atoms with Crippen molar-refractivity contribution in [2.45, 2.75) is 6.92 Å². The van der Waals surface area contributed by atoms with Crippen molar-refractivity contribution in [2.75, 3.05) is 25.1 Å². The molecule has 0 amide bonds. The van der Waals surface area contributed by atoms with Gasteiger partial charge in [-0.15, -0.1) is 0 Å². The number of anilines is 1. The lowest BCUT2D eigenvalue weighted by Gasteiger charge is -2.25. The summed E-state index contributed by atoms with van der Waals surface area (Å²) in [6, 6.07) is 2.28. The molecule has 0 saturated carbocycles. The Labute approximate surface area is 107 Å². The van der Waals surface area contributed by atoms with Gasteiger partial charge >= 0.3 is 0 Å². The zero-order valence-corrected chi connectivity index (χ0v) is 10.9. The Morgan fingerprint density at radius 1 is 1.24 bits per heavy atom. The summed E-state index contributed by atoms with van der Waals surface area (Å²) < 4.78 is 27.2. The van der Waals surface area contributed by atoms with E-state index in [0.717, 1.165) is 12.1 Å². The molecule has 17 heavy (non-hydrogen) atoms. The zero-order chi connectivity index (χ0) is 13.1. The number of benzene rings is 1. The standard InChI is InChI=1S/C11H14BrF2NO2/c1-11(5-16,6-17)4-15-10-8(13)2-7(12)3-9(10)14/h2-3,15-17H,4-6H2,1H3. The van der Waals surface area contributed by atoms with E-state index in [1.165, 1.54) is 0 Å². The van der Waals surface area contributed by atoms with Crippen molar-refractivity contribution in [3.63, 3.8) is 0 Å². The Hall–Kier alpha value is -0.720. The van der Waals surface area contributed by atoms with Crippen molar-refractivity contribution in [1.82, 2.24) is 0 Å². The van der Waals surface area contributed by atoms with E-state index in [-0.39, 0.29) is 25.4 Å². The van der Waals surface area contributed by atoms with E-state index in [4.69, 9.17) is 10.2 Å². The summed E-state index contributed by atoms with van der Waals surface area (Å²) >= 11 is 2.98. The van der Waals surface area contributed by atoms with Gasteiger partial charge in [-0.3, -0.25) is 0 Å². The molecule has 0 aliphatic heterocycles. The lowest BCUT2D eigenvalue weighted by molar-refractivity contribution is 0.0805. The zero-order valence-electron chi connectivity index (χ0n) is 9.30. The molecular weight excluding hydrogens is 296 g/mol. The maximum absolute atomic E-state index is 13.4. The van der Waals surface area contributed by atoms with Crippen molar-refractivity contribution in [2.24, 2.45) is 5.41 Å². The summed E-state index contributed by atoms with van der Waals surface area (Å²) in [4.78, 5) is 0. The van der Waals surface area contributed by atoms with Crippen LogP contribution in [0.5, 0.6) is 0 Å². The highest BCUT2D eigenvalue weighted by atomic mass is 79.9. The molecule has 3 nitrogen and oxygen atoms in total. The molecule has 3 N–H and O–H groups in total. The van der Waals surface area contributed by atoms with Crippen LogP contribution in [0.25, 0.3) is 0 Å². The highest BCUT2D eigenvalue weighted by molar-refractivity contribution is 9.10. The molecule has 96 valence electrons. The van der Waals surface area contributed by atoms with Crippen LogP contribution in [0.4, 0.5) is 14.5 Å². The summed E-state index contributed by atoms with van der Waals surface area (Å²) in [6.45, 7) is 1.11. The van der Waals surface area contributed by atoms with Gasteiger partial charge in [0, 0.05) is 16.4 Å². The molecule has 1 aromatic carbocycles. The second-order valence-corrected chi connectivity index (χ2v) is 5.14. The summed E-state index contributed by atoms with van der Waals surface area (Å²) in [7, 11) is 0. The first-order valence-corrected chi connectivity index (χ1v) is 5.81. The Bertz CT molecular complexity index is 374. The molecule has 1 aromatic rings. The topological polar surface area (TPSA) is 52.5 Å². The van der Waals surface area contributed by atoms with E-state index in [1.54, 1.807) is 6.92 Å². The number of aliphatic hydroxyl groups is 2. The molecule has 0 bridgehead atoms. The minimum absolute atomic E-state index is 0.0650. The molecule has 6 heteroatoms. The highest BCUT2D eigenvalue weighted by Crippen LogP contribution is 2.25. The molecule has 0 saturated heterocycles. The predicted octanol–water partition coefficient (Wildman–Crippen LogP) is 2.13. The van der Waals surface area contributed by atoms with Crippen molar-refractivity contribution in [1.29, 1.82) is 0 Å². The van der Waals surface area contributed by atoms with Gasteiger partial charge in [-0.05, 0) is 12.1 Å².